The van der Waals surface area contributed by atoms with E-state index in [0.29, 0.717) is 11.0 Å². The Morgan fingerprint density at radius 1 is 1.35 bits per heavy atom. The van der Waals surface area contributed by atoms with Crippen LogP contribution >= 0.6 is 11.6 Å². The minimum Gasteiger partial charge on any atom is -0.297 e. The molecule has 0 radical (unpaired) electrons. The number of aromatic amines is 1. The third kappa shape index (κ3) is 1.55. The van der Waals surface area contributed by atoms with Crippen molar-refractivity contribution in [2.75, 3.05) is 11.4 Å². The zero-order valence-electron chi connectivity index (χ0n) is 8.47. The molecule has 0 unspecified atom stereocenters. The van der Waals surface area contributed by atoms with Gasteiger partial charge in [-0.05, 0) is 0 Å². The number of Topliss-reactive ketones (excluding diaryl/α,β-unsaturated/α-hetero) is 1. The second kappa shape index (κ2) is 3.49. The third-order valence-corrected chi connectivity index (χ3v) is 2.76. The Kier molecular flexibility index (Phi) is 2.08. The number of rotatable bonds is 1. The summed E-state index contributed by atoms with van der Waals surface area (Å²) in [6.45, 7) is -0.00515. The largest absolute Gasteiger partial charge is 0.297 e. The number of aromatic nitrogens is 4. The Bertz CT molecular complexity index is 637. The number of carbonyl (C=O) groups excluding carboxylic acids is 2. The topological polar surface area (TPSA) is 91.8 Å². The van der Waals surface area contributed by atoms with E-state index in [2.05, 4.69) is 20.2 Å². The molecule has 0 saturated carbocycles. The molecule has 3 rings (SSSR count). The molecule has 17 heavy (non-hydrogen) atoms. The summed E-state index contributed by atoms with van der Waals surface area (Å²) >= 11 is 5.93. The SMILES string of the molecule is O=C1CC(=O)N(c2nc(Cl)c3cn[nH]c3n2)C1. The highest BCUT2D eigenvalue weighted by Crippen LogP contribution is 2.23. The lowest BCUT2D eigenvalue weighted by molar-refractivity contribution is -0.121. The van der Waals surface area contributed by atoms with Crippen LogP contribution in [0.5, 0.6) is 0 Å². The summed E-state index contributed by atoms with van der Waals surface area (Å²) in [5.41, 5.74) is 0.437. The Morgan fingerprint density at radius 3 is 2.88 bits per heavy atom. The molecule has 0 atom stereocenters. The van der Waals surface area contributed by atoms with Crippen molar-refractivity contribution in [1.29, 1.82) is 0 Å². The van der Waals surface area contributed by atoms with Crippen molar-refractivity contribution in [3.8, 4) is 0 Å². The number of amides is 1. The second-order valence-electron chi connectivity index (χ2n) is 3.64. The van der Waals surface area contributed by atoms with E-state index < -0.39 is 0 Å². The first-order chi connectivity index (χ1) is 8.15. The van der Waals surface area contributed by atoms with Gasteiger partial charge in [0.05, 0.1) is 24.5 Å². The van der Waals surface area contributed by atoms with Crippen LogP contribution in [0.2, 0.25) is 5.15 Å². The standard InChI is InChI=1S/C9H6ClN5O2/c10-7-5-2-11-14-8(5)13-9(12-7)15-3-4(16)1-6(15)17/h2H,1,3H2,(H,11,12,13,14). The van der Waals surface area contributed by atoms with Crippen molar-refractivity contribution >= 4 is 40.3 Å². The molecular formula is C9H6ClN5O2. The monoisotopic (exact) mass is 251 g/mol. The van der Waals surface area contributed by atoms with Gasteiger partial charge in [0.1, 0.15) is 5.15 Å². The lowest BCUT2D eigenvalue weighted by atomic mass is 10.3. The van der Waals surface area contributed by atoms with Crippen molar-refractivity contribution in [2.45, 2.75) is 6.42 Å². The summed E-state index contributed by atoms with van der Waals surface area (Å²) in [6, 6.07) is 0. The van der Waals surface area contributed by atoms with Gasteiger partial charge in [0.2, 0.25) is 11.9 Å². The third-order valence-electron chi connectivity index (χ3n) is 2.48. The number of halogens is 1. The summed E-state index contributed by atoms with van der Waals surface area (Å²) in [4.78, 5) is 32.0. The molecule has 0 bridgehead atoms. The Morgan fingerprint density at radius 2 is 2.18 bits per heavy atom. The fourth-order valence-electron chi connectivity index (χ4n) is 1.68. The van der Waals surface area contributed by atoms with E-state index in [1.54, 1.807) is 0 Å². The normalized spacial score (nSPS) is 16.2. The minimum atomic E-state index is -0.315. The molecule has 0 spiro atoms. The van der Waals surface area contributed by atoms with Crippen molar-refractivity contribution in [1.82, 2.24) is 20.2 Å². The lowest BCUT2D eigenvalue weighted by Gasteiger charge is -2.11. The number of hydrogen-bond acceptors (Lipinski definition) is 5. The molecule has 0 aromatic carbocycles. The lowest BCUT2D eigenvalue weighted by Crippen LogP contribution is -2.26. The summed E-state index contributed by atoms with van der Waals surface area (Å²) in [7, 11) is 0. The van der Waals surface area contributed by atoms with Crippen LogP contribution in [0.1, 0.15) is 6.42 Å². The zero-order valence-corrected chi connectivity index (χ0v) is 9.23. The molecule has 3 heterocycles. The zero-order chi connectivity index (χ0) is 12.0. The van der Waals surface area contributed by atoms with Gasteiger partial charge in [0, 0.05) is 0 Å². The first-order valence-corrected chi connectivity index (χ1v) is 5.21. The molecule has 1 N–H and O–H groups in total. The van der Waals surface area contributed by atoms with Crippen LogP contribution < -0.4 is 4.90 Å². The predicted molar refractivity (Wildman–Crippen MR) is 58.7 cm³/mol. The van der Waals surface area contributed by atoms with E-state index in [9.17, 15) is 9.59 Å². The van der Waals surface area contributed by atoms with Gasteiger partial charge in [-0.15, -0.1) is 0 Å². The van der Waals surface area contributed by atoms with Gasteiger partial charge in [0.15, 0.2) is 11.4 Å². The van der Waals surface area contributed by atoms with Gasteiger partial charge in [-0.1, -0.05) is 11.6 Å². The highest BCUT2D eigenvalue weighted by molar-refractivity contribution is 6.34. The molecule has 7 nitrogen and oxygen atoms in total. The van der Waals surface area contributed by atoms with Crippen LogP contribution in [-0.4, -0.2) is 38.4 Å². The van der Waals surface area contributed by atoms with Gasteiger partial charge in [0.25, 0.3) is 0 Å². The molecular weight excluding hydrogens is 246 g/mol. The second-order valence-corrected chi connectivity index (χ2v) is 4.00. The van der Waals surface area contributed by atoms with Gasteiger partial charge in [-0.2, -0.15) is 15.1 Å². The molecule has 1 aliphatic heterocycles. The molecule has 1 saturated heterocycles. The minimum absolute atomic E-state index is 0.00515. The van der Waals surface area contributed by atoms with Gasteiger partial charge in [-0.3, -0.25) is 19.6 Å². The van der Waals surface area contributed by atoms with Crippen molar-refractivity contribution in [3.63, 3.8) is 0 Å². The van der Waals surface area contributed by atoms with Crippen LogP contribution in [0.15, 0.2) is 6.20 Å². The van der Waals surface area contributed by atoms with E-state index in [1.807, 2.05) is 0 Å². The number of nitrogens with zero attached hydrogens (tertiary/aromatic N) is 4. The Labute approximate surface area is 99.8 Å². The van der Waals surface area contributed by atoms with Crippen LogP contribution in [0, 0.1) is 0 Å². The maximum Gasteiger partial charge on any atom is 0.237 e. The van der Waals surface area contributed by atoms with Crippen molar-refractivity contribution in [3.05, 3.63) is 11.3 Å². The molecule has 2 aromatic rings. The fraction of sp³-hybridized carbons (Fsp3) is 0.222. The van der Waals surface area contributed by atoms with Crippen molar-refractivity contribution in [2.24, 2.45) is 0 Å². The number of hydrogen-bond donors (Lipinski definition) is 1. The first kappa shape index (κ1) is 10.2. The van der Waals surface area contributed by atoms with Crippen LogP contribution in [0.25, 0.3) is 11.0 Å². The molecule has 0 aliphatic carbocycles. The molecule has 1 aliphatic rings. The van der Waals surface area contributed by atoms with E-state index in [4.69, 9.17) is 11.6 Å². The van der Waals surface area contributed by atoms with E-state index in [-0.39, 0.29) is 35.8 Å². The number of carbonyl (C=O) groups is 2. The van der Waals surface area contributed by atoms with Gasteiger partial charge < -0.3 is 0 Å². The van der Waals surface area contributed by atoms with Gasteiger partial charge in [-0.25, -0.2) is 0 Å². The average Bonchev–Trinajstić information content (AvgIpc) is 2.84. The average molecular weight is 252 g/mol. The summed E-state index contributed by atoms with van der Waals surface area (Å²) in [6.07, 6.45) is 1.39. The molecule has 8 heteroatoms. The van der Waals surface area contributed by atoms with E-state index in [0.717, 1.165) is 0 Å². The van der Waals surface area contributed by atoms with E-state index >= 15 is 0 Å². The highest BCUT2D eigenvalue weighted by Gasteiger charge is 2.31. The Balaban J connectivity index is 2.11. The van der Waals surface area contributed by atoms with E-state index in [1.165, 1.54) is 11.1 Å². The van der Waals surface area contributed by atoms with Gasteiger partial charge >= 0.3 is 0 Å². The Hall–Kier alpha value is -2.02. The fourth-order valence-corrected chi connectivity index (χ4v) is 1.89. The number of fused-ring (bicyclic) bond motifs is 1. The van der Waals surface area contributed by atoms with Crippen molar-refractivity contribution < 1.29 is 9.59 Å². The number of ketones is 1. The molecule has 1 fully saturated rings. The molecule has 86 valence electrons. The predicted octanol–water partition coefficient (Wildman–Crippen LogP) is 0.312. The maximum absolute atomic E-state index is 11.5. The van der Waals surface area contributed by atoms with Crippen LogP contribution in [-0.2, 0) is 9.59 Å². The summed E-state index contributed by atoms with van der Waals surface area (Å²) in [5.74, 6) is -0.341. The summed E-state index contributed by atoms with van der Waals surface area (Å²) in [5, 5.41) is 7.20. The quantitative estimate of drug-likeness (QED) is 0.582. The number of anilines is 1. The van der Waals surface area contributed by atoms with Crippen LogP contribution in [0.4, 0.5) is 5.95 Å². The molecule has 2 aromatic heterocycles. The number of H-pyrrole nitrogens is 1. The maximum atomic E-state index is 11.5. The smallest absolute Gasteiger partial charge is 0.237 e. The highest BCUT2D eigenvalue weighted by atomic mass is 35.5. The first-order valence-electron chi connectivity index (χ1n) is 4.84. The van der Waals surface area contributed by atoms with Crippen LogP contribution in [0.3, 0.4) is 0 Å². The number of nitrogens with one attached hydrogen (secondary N) is 1. The summed E-state index contributed by atoms with van der Waals surface area (Å²) < 4.78 is 0. The molecule has 1 amide bonds.